The first-order valence-electron chi connectivity index (χ1n) is 7.44. The Balaban J connectivity index is 1.76. The van der Waals surface area contributed by atoms with Crippen molar-refractivity contribution < 1.29 is 9.59 Å². The van der Waals surface area contributed by atoms with Crippen LogP contribution in [0.1, 0.15) is 15.9 Å². The molecule has 0 atom stereocenters. The maximum absolute atomic E-state index is 12.3. The molecule has 0 saturated carbocycles. The molecule has 3 rings (SSSR count). The van der Waals surface area contributed by atoms with Gasteiger partial charge >= 0.3 is 0 Å². The third kappa shape index (κ3) is 2.90. The molecule has 118 valence electrons. The lowest BCUT2D eigenvalue weighted by atomic mass is 10.1. The van der Waals surface area contributed by atoms with Crippen LogP contribution in [0.4, 0.5) is 17.1 Å². The molecule has 2 amide bonds. The van der Waals surface area contributed by atoms with Gasteiger partial charge in [0.1, 0.15) is 0 Å². The van der Waals surface area contributed by atoms with Crippen LogP contribution in [0, 0.1) is 0 Å². The van der Waals surface area contributed by atoms with Gasteiger partial charge in [0.05, 0.1) is 6.42 Å². The molecule has 0 saturated heterocycles. The van der Waals surface area contributed by atoms with Crippen molar-refractivity contribution in [1.29, 1.82) is 0 Å². The smallest absolute Gasteiger partial charge is 0.255 e. The van der Waals surface area contributed by atoms with Gasteiger partial charge in [0.2, 0.25) is 5.91 Å². The lowest BCUT2D eigenvalue weighted by Crippen LogP contribution is -2.20. The van der Waals surface area contributed by atoms with Crippen molar-refractivity contribution in [3.8, 4) is 0 Å². The van der Waals surface area contributed by atoms with Crippen LogP contribution in [-0.2, 0) is 11.2 Å². The summed E-state index contributed by atoms with van der Waals surface area (Å²) in [5.74, 6) is -0.0873. The van der Waals surface area contributed by atoms with Crippen LogP contribution < -0.4 is 15.1 Å². The predicted octanol–water partition coefficient (Wildman–Crippen LogP) is 2.52. The molecule has 0 aliphatic carbocycles. The Hall–Kier alpha value is -2.82. The number of likely N-dealkylation sites (N-methyl/N-ethyl adjacent to an activating group) is 1. The van der Waals surface area contributed by atoms with Crippen LogP contribution in [0.3, 0.4) is 0 Å². The topological polar surface area (TPSA) is 52.7 Å². The molecular formula is C18H19N3O2. The van der Waals surface area contributed by atoms with Crippen molar-refractivity contribution in [3.63, 3.8) is 0 Å². The van der Waals surface area contributed by atoms with E-state index < -0.39 is 0 Å². The molecule has 0 fully saturated rings. The lowest BCUT2D eigenvalue weighted by molar-refractivity contribution is -0.117. The molecule has 1 N–H and O–H groups in total. The second-order valence-electron chi connectivity index (χ2n) is 5.87. The van der Waals surface area contributed by atoms with Gasteiger partial charge in [-0.15, -0.1) is 0 Å². The number of nitrogens with zero attached hydrogens (tertiary/aromatic N) is 2. The minimum absolute atomic E-state index is 0.0720. The van der Waals surface area contributed by atoms with Gasteiger partial charge in [-0.1, -0.05) is 0 Å². The Labute approximate surface area is 135 Å². The Kier molecular flexibility index (Phi) is 3.78. The van der Waals surface area contributed by atoms with E-state index in [9.17, 15) is 9.59 Å². The number of fused-ring (bicyclic) bond motifs is 1. The highest BCUT2D eigenvalue weighted by atomic mass is 16.2. The number of carbonyl (C=O) groups excluding carboxylic acids is 2. The van der Waals surface area contributed by atoms with E-state index in [2.05, 4.69) is 5.32 Å². The number of amides is 2. The third-order valence-corrected chi connectivity index (χ3v) is 4.06. The molecule has 23 heavy (non-hydrogen) atoms. The second kappa shape index (κ2) is 5.76. The van der Waals surface area contributed by atoms with E-state index in [0.717, 1.165) is 16.9 Å². The average molecular weight is 309 g/mol. The third-order valence-electron chi connectivity index (χ3n) is 4.06. The summed E-state index contributed by atoms with van der Waals surface area (Å²) in [5.41, 5.74) is 4.19. The molecule has 2 aromatic carbocycles. The maximum atomic E-state index is 12.3. The van der Waals surface area contributed by atoms with Crippen LogP contribution >= 0.6 is 0 Å². The van der Waals surface area contributed by atoms with Crippen LogP contribution in [0.2, 0.25) is 0 Å². The van der Waals surface area contributed by atoms with Gasteiger partial charge in [-0.25, -0.2) is 0 Å². The molecule has 5 heteroatoms. The van der Waals surface area contributed by atoms with E-state index in [0.29, 0.717) is 17.7 Å². The van der Waals surface area contributed by atoms with Crippen molar-refractivity contribution in [1.82, 2.24) is 0 Å². The highest BCUT2D eigenvalue weighted by molar-refractivity contribution is 6.06. The average Bonchev–Trinajstić information content (AvgIpc) is 2.81. The van der Waals surface area contributed by atoms with Gasteiger partial charge in [-0.05, 0) is 48.0 Å². The zero-order chi connectivity index (χ0) is 16.6. The van der Waals surface area contributed by atoms with Gasteiger partial charge in [-0.2, -0.15) is 0 Å². The summed E-state index contributed by atoms with van der Waals surface area (Å²) in [5, 5.41) is 2.88. The van der Waals surface area contributed by atoms with Crippen molar-refractivity contribution in [2.24, 2.45) is 0 Å². The predicted molar refractivity (Wildman–Crippen MR) is 92.3 cm³/mol. The molecule has 0 bridgehead atoms. The largest absolute Gasteiger partial charge is 0.378 e. The first-order chi connectivity index (χ1) is 11.0. The Morgan fingerprint density at radius 3 is 2.48 bits per heavy atom. The van der Waals surface area contributed by atoms with E-state index in [1.54, 1.807) is 24.1 Å². The minimum Gasteiger partial charge on any atom is -0.378 e. The molecular weight excluding hydrogens is 290 g/mol. The standard InChI is InChI=1S/C18H19N3O2/c1-20(2)15-7-4-12(5-8-15)18(23)19-14-6-9-16-13(10-14)11-17(22)21(16)3/h4-10H,11H2,1-3H3,(H,19,23). The minimum atomic E-state index is -0.159. The number of nitrogens with one attached hydrogen (secondary N) is 1. The van der Waals surface area contributed by atoms with Crippen molar-refractivity contribution in [3.05, 3.63) is 53.6 Å². The summed E-state index contributed by atoms with van der Waals surface area (Å²) in [6, 6.07) is 13.0. The molecule has 1 aliphatic rings. The quantitative estimate of drug-likeness (QED) is 0.948. The first-order valence-corrected chi connectivity index (χ1v) is 7.44. The van der Waals surface area contributed by atoms with Crippen LogP contribution in [0.15, 0.2) is 42.5 Å². The summed E-state index contributed by atoms with van der Waals surface area (Å²) >= 11 is 0. The number of carbonyl (C=O) groups is 2. The SMILES string of the molecule is CN(C)c1ccc(C(=O)Nc2ccc3c(c2)CC(=O)N3C)cc1. The molecule has 1 aliphatic heterocycles. The zero-order valence-corrected chi connectivity index (χ0v) is 13.5. The monoisotopic (exact) mass is 309 g/mol. The second-order valence-corrected chi connectivity index (χ2v) is 5.87. The Bertz CT molecular complexity index is 766. The number of hydrogen-bond acceptors (Lipinski definition) is 3. The van der Waals surface area contributed by atoms with Crippen LogP contribution in [-0.4, -0.2) is 33.0 Å². The van der Waals surface area contributed by atoms with Crippen LogP contribution in [0.25, 0.3) is 0 Å². The Morgan fingerprint density at radius 1 is 1.13 bits per heavy atom. The number of anilines is 3. The van der Waals surface area contributed by atoms with Crippen molar-refractivity contribution >= 4 is 28.9 Å². The highest BCUT2D eigenvalue weighted by Gasteiger charge is 2.24. The lowest BCUT2D eigenvalue weighted by Gasteiger charge is -2.13. The van der Waals surface area contributed by atoms with E-state index in [1.807, 2.05) is 49.3 Å². The Morgan fingerprint density at radius 2 is 1.83 bits per heavy atom. The maximum Gasteiger partial charge on any atom is 0.255 e. The van der Waals surface area contributed by atoms with E-state index in [-0.39, 0.29) is 11.8 Å². The fraction of sp³-hybridized carbons (Fsp3) is 0.222. The van der Waals surface area contributed by atoms with Crippen molar-refractivity contribution in [2.45, 2.75) is 6.42 Å². The van der Waals surface area contributed by atoms with Crippen LogP contribution in [0.5, 0.6) is 0 Å². The number of hydrogen-bond donors (Lipinski definition) is 1. The fourth-order valence-corrected chi connectivity index (χ4v) is 2.66. The molecule has 2 aromatic rings. The highest BCUT2D eigenvalue weighted by Crippen LogP contribution is 2.30. The number of benzene rings is 2. The summed E-state index contributed by atoms with van der Waals surface area (Å²) in [6.45, 7) is 0. The summed E-state index contributed by atoms with van der Waals surface area (Å²) in [4.78, 5) is 27.7. The normalized spacial score (nSPS) is 13.0. The molecule has 0 radical (unpaired) electrons. The molecule has 0 spiro atoms. The van der Waals surface area contributed by atoms with Gasteiger partial charge in [0.15, 0.2) is 0 Å². The van der Waals surface area contributed by atoms with E-state index >= 15 is 0 Å². The molecule has 1 heterocycles. The number of rotatable bonds is 3. The van der Waals surface area contributed by atoms with E-state index in [1.165, 1.54) is 0 Å². The van der Waals surface area contributed by atoms with Gasteiger partial charge in [-0.3, -0.25) is 9.59 Å². The van der Waals surface area contributed by atoms with Gasteiger partial charge in [0, 0.05) is 43.8 Å². The summed E-state index contributed by atoms with van der Waals surface area (Å²) in [6.07, 6.45) is 0.382. The van der Waals surface area contributed by atoms with E-state index in [4.69, 9.17) is 0 Å². The first kappa shape index (κ1) is 15.1. The molecule has 5 nitrogen and oxygen atoms in total. The zero-order valence-electron chi connectivity index (χ0n) is 13.5. The van der Waals surface area contributed by atoms with Gasteiger partial charge in [0.25, 0.3) is 5.91 Å². The van der Waals surface area contributed by atoms with Gasteiger partial charge < -0.3 is 15.1 Å². The molecule has 0 aromatic heterocycles. The summed E-state index contributed by atoms with van der Waals surface area (Å²) < 4.78 is 0. The fourth-order valence-electron chi connectivity index (χ4n) is 2.66. The molecule has 0 unspecified atom stereocenters. The summed E-state index contributed by atoms with van der Waals surface area (Å²) in [7, 11) is 5.68. The van der Waals surface area contributed by atoms with Crippen molar-refractivity contribution in [2.75, 3.05) is 36.3 Å².